The average molecular weight is 460 g/mol. The second-order valence-corrected chi connectivity index (χ2v) is 9.13. The minimum absolute atomic E-state index is 0.517. The maximum absolute atomic E-state index is 6.11. The third-order valence-electron chi connectivity index (χ3n) is 6.86. The zero-order valence-electron chi connectivity index (χ0n) is 19.1. The first-order valence-electron chi connectivity index (χ1n) is 12.0. The van der Waals surface area contributed by atoms with E-state index in [0.717, 1.165) is 60.9 Å². The highest BCUT2D eigenvalue weighted by molar-refractivity contribution is 5.88. The number of rotatable bonds is 7. The lowest BCUT2D eigenvalue weighted by molar-refractivity contribution is 0.0716. The van der Waals surface area contributed by atoms with Gasteiger partial charge in [0.2, 0.25) is 5.88 Å². The highest BCUT2D eigenvalue weighted by Gasteiger charge is 2.34. The van der Waals surface area contributed by atoms with E-state index in [2.05, 4.69) is 41.5 Å². The van der Waals surface area contributed by atoms with Crippen LogP contribution in [0.25, 0.3) is 11.0 Å². The van der Waals surface area contributed by atoms with Gasteiger partial charge in [-0.15, -0.1) is 0 Å². The lowest BCUT2D eigenvalue weighted by atomic mass is 9.91. The van der Waals surface area contributed by atoms with Crippen molar-refractivity contribution in [3.05, 3.63) is 60.4 Å². The molecular weight excluding hydrogens is 430 g/mol. The van der Waals surface area contributed by atoms with E-state index in [-0.39, 0.29) is 0 Å². The highest BCUT2D eigenvalue weighted by Crippen LogP contribution is 2.31. The molecule has 2 saturated heterocycles. The van der Waals surface area contributed by atoms with E-state index in [1.807, 2.05) is 42.5 Å². The van der Waals surface area contributed by atoms with E-state index in [9.17, 15) is 0 Å². The van der Waals surface area contributed by atoms with Crippen LogP contribution < -0.4 is 15.0 Å². The van der Waals surface area contributed by atoms with Crippen LogP contribution in [0.15, 0.2) is 59.3 Å². The van der Waals surface area contributed by atoms with E-state index in [4.69, 9.17) is 9.26 Å². The molecule has 4 aromatic rings. The van der Waals surface area contributed by atoms with Crippen molar-refractivity contribution in [2.45, 2.75) is 25.4 Å². The Labute approximate surface area is 198 Å². The molecule has 2 N–H and O–H groups in total. The number of fused-ring (bicyclic) bond motifs is 2. The fourth-order valence-corrected chi connectivity index (χ4v) is 5.07. The summed E-state index contributed by atoms with van der Waals surface area (Å²) in [5, 5.41) is 15.6. The Hall–Kier alpha value is -3.59. The molecule has 34 heavy (non-hydrogen) atoms. The van der Waals surface area contributed by atoms with Gasteiger partial charge in [-0.25, -0.2) is 4.98 Å². The van der Waals surface area contributed by atoms with Crippen molar-refractivity contribution >= 4 is 22.6 Å². The molecule has 2 fully saturated rings. The van der Waals surface area contributed by atoms with Gasteiger partial charge < -0.3 is 19.5 Å². The molecule has 9 heteroatoms. The summed E-state index contributed by atoms with van der Waals surface area (Å²) in [6.07, 6.45) is 4.12. The summed E-state index contributed by atoms with van der Waals surface area (Å²) < 4.78 is 11.6. The van der Waals surface area contributed by atoms with Crippen molar-refractivity contribution < 1.29 is 9.26 Å². The van der Waals surface area contributed by atoms with Gasteiger partial charge in [-0.1, -0.05) is 23.4 Å². The smallest absolute Gasteiger partial charge is 0.213 e. The number of piperazine rings is 1. The Morgan fingerprint density at radius 1 is 1.06 bits per heavy atom. The first kappa shape index (κ1) is 21.0. The van der Waals surface area contributed by atoms with Crippen molar-refractivity contribution in [1.82, 2.24) is 25.2 Å². The minimum Gasteiger partial charge on any atom is -0.477 e. The molecule has 5 heterocycles. The molecule has 2 atom stereocenters. The second-order valence-electron chi connectivity index (χ2n) is 9.13. The Kier molecular flexibility index (Phi) is 5.76. The number of piperidine rings is 1. The SMILES string of the molecule is c1cc(CNc2cc[nH]n2)nc(OCC2CCC3CN(c4noc5ccccc45)CCN3C2)c1. The van der Waals surface area contributed by atoms with E-state index in [0.29, 0.717) is 31.0 Å². The molecule has 1 aromatic carbocycles. The Balaban J connectivity index is 1.01. The first-order valence-corrected chi connectivity index (χ1v) is 12.0. The van der Waals surface area contributed by atoms with Crippen LogP contribution in [0.3, 0.4) is 0 Å². The molecule has 2 unspecified atom stereocenters. The predicted octanol–water partition coefficient (Wildman–Crippen LogP) is 3.54. The number of aromatic amines is 1. The van der Waals surface area contributed by atoms with Crippen LogP contribution >= 0.6 is 0 Å². The lowest BCUT2D eigenvalue weighted by Crippen LogP contribution is -2.57. The van der Waals surface area contributed by atoms with Gasteiger partial charge in [-0.2, -0.15) is 5.10 Å². The van der Waals surface area contributed by atoms with Gasteiger partial charge in [0.25, 0.3) is 0 Å². The molecule has 2 aliphatic rings. The standard InChI is InChI=1S/C25H29N7O2/c1-2-6-22-21(5-1)25(30-34-22)32-13-12-31-15-18(8-9-20(31)16-32)17-33-24-7-3-4-19(28-24)14-26-23-10-11-27-29-23/h1-7,10-11,18,20H,8-9,12-17H2,(H2,26,27,29). The maximum atomic E-state index is 6.11. The summed E-state index contributed by atoms with van der Waals surface area (Å²) >= 11 is 0. The number of ether oxygens (including phenoxy) is 1. The molecule has 2 aliphatic heterocycles. The lowest BCUT2D eigenvalue weighted by Gasteiger charge is -2.46. The number of nitrogens with one attached hydrogen (secondary N) is 2. The summed E-state index contributed by atoms with van der Waals surface area (Å²) in [6, 6.07) is 16.5. The number of para-hydroxylation sites is 1. The summed E-state index contributed by atoms with van der Waals surface area (Å²) in [7, 11) is 0. The maximum Gasteiger partial charge on any atom is 0.213 e. The van der Waals surface area contributed by atoms with Gasteiger partial charge >= 0.3 is 0 Å². The van der Waals surface area contributed by atoms with Gasteiger partial charge in [0.1, 0.15) is 5.82 Å². The van der Waals surface area contributed by atoms with Crippen molar-refractivity contribution in [1.29, 1.82) is 0 Å². The minimum atomic E-state index is 0.517. The molecule has 0 spiro atoms. The van der Waals surface area contributed by atoms with E-state index >= 15 is 0 Å². The van der Waals surface area contributed by atoms with Crippen LogP contribution in [0.4, 0.5) is 11.6 Å². The van der Waals surface area contributed by atoms with Gasteiger partial charge in [0.15, 0.2) is 11.4 Å². The topological polar surface area (TPSA) is 95.3 Å². The van der Waals surface area contributed by atoms with E-state index < -0.39 is 0 Å². The van der Waals surface area contributed by atoms with Crippen LogP contribution in [0.2, 0.25) is 0 Å². The van der Waals surface area contributed by atoms with E-state index in [1.165, 1.54) is 6.42 Å². The van der Waals surface area contributed by atoms with Gasteiger partial charge in [0, 0.05) is 50.4 Å². The first-order chi connectivity index (χ1) is 16.8. The normalized spacial score (nSPS) is 20.9. The molecule has 0 saturated carbocycles. The Morgan fingerprint density at radius 3 is 2.97 bits per heavy atom. The zero-order chi connectivity index (χ0) is 22.7. The summed E-state index contributed by atoms with van der Waals surface area (Å²) in [5.41, 5.74) is 1.79. The average Bonchev–Trinajstić information content (AvgIpc) is 3.56. The number of aromatic nitrogens is 4. The van der Waals surface area contributed by atoms with Crippen molar-refractivity contribution in [2.24, 2.45) is 5.92 Å². The second kappa shape index (κ2) is 9.34. The van der Waals surface area contributed by atoms with Gasteiger partial charge in [-0.3, -0.25) is 10.00 Å². The molecule has 3 aromatic heterocycles. The third kappa shape index (κ3) is 4.43. The molecule has 0 radical (unpaired) electrons. The molecule has 6 rings (SSSR count). The quantitative estimate of drug-likeness (QED) is 0.433. The summed E-state index contributed by atoms with van der Waals surface area (Å²) in [6.45, 7) is 5.37. The molecule has 0 aliphatic carbocycles. The van der Waals surface area contributed by atoms with Crippen molar-refractivity contribution in [3.8, 4) is 5.88 Å². The third-order valence-corrected chi connectivity index (χ3v) is 6.86. The Morgan fingerprint density at radius 2 is 2.03 bits per heavy atom. The summed E-state index contributed by atoms with van der Waals surface area (Å²) in [5.74, 6) is 2.99. The van der Waals surface area contributed by atoms with Crippen LogP contribution in [0.1, 0.15) is 18.5 Å². The molecule has 176 valence electrons. The fourth-order valence-electron chi connectivity index (χ4n) is 5.07. The fraction of sp³-hybridized carbons (Fsp3) is 0.400. The number of anilines is 2. The number of pyridine rings is 1. The number of hydrogen-bond acceptors (Lipinski definition) is 8. The molecule has 0 amide bonds. The van der Waals surface area contributed by atoms with Gasteiger partial charge in [0.05, 0.1) is 24.2 Å². The van der Waals surface area contributed by atoms with Crippen molar-refractivity contribution in [3.63, 3.8) is 0 Å². The van der Waals surface area contributed by atoms with Crippen LogP contribution in [-0.2, 0) is 6.54 Å². The molecule has 9 nitrogen and oxygen atoms in total. The number of H-pyrrole nitrogens is 1. The summed E-state index contributed by atoms with van der Waals surface area (Å²) in [4.78, 5) is 9.65. The number of hydrogen-bond donors (Lipinski definition) is 2. The highest BCUT2D eigenvalue weighted by atomic mass is 16.5. The molecular formula is C25H29N7O2. The number of nitrogens with zero attached hydrogens (tertiary/aromatic N) is 5. The largest absolute Gasteiger partial charge is 0.477 e. The predicted molar refractivity (Wildman–Crippen MR) is 130 cm³/mol. The van der Waals surface area contributed by atoms with Gasteiger partial charge in [-0.05, 0) is 37.1 Å². The Bertz CT molecular complexity index is 1220. The van der Waals surface area contributed by atoms with Crippen molar-refractivity contribution in [2.75, 3.05) is 43.0 Å². The van der Waals surface area contributed by atoms with Crippen LogP contribution in [-0.4, -0.2) is 64.1 Å². The van der Waals surface area contributed by atoms with Crippen LogP contribution in [0.5, 0.6) is 5.88 Å². The van der Waals surface area contributed by atoms with E-state index in [1.54, 1.807) is 6.20 Å². The monoisotopic (exact) mass is 459 g/mol. The molecule has 0 bridgehead atoms. The zero-order valence-corrected chi connectivity index (χ0v) is 19.1. The number of benzene rings is 1. The van der Waals surface area contributed by atoms with Crippen LogP contribution in [0, 0.1) is 5.92 Å².